The number of hydrogen-bond acceptors (Lipinski definition) is 2. The van der Waals surface area contributed by atoms with E-state index in [4.69, 9.17) is 10.0 Å². The van der Waals surface area contributed by atoms with E-state index in [0.29, 0.717) is 0 Å². The standard InChI is InChI=1S/C10H11BO2/c12-11(13)10-7-3-5-8-4-1-2-6-9(8)10/h1-2,4-6,12-13H,3,7H2. The Labute approximate surface area is 77.0 Å². The fourth-order valence-corrected chi connectivity index (χ4v) is 1.75. The molecule has 0 heterocycles. The molecule has 1 aromatic carbocycles. The number of hydrogen-bond donors (Lipinski definition) is 2. The molecule has 1 aliphatic carbocycles. The Hall–Kier alpha value is -1.06. The molecule has 0 amide bonds. The molecule has 3 heteroatoms. The van der Waals surface area contributed by atoms with E-state index < -0.39 is 7.12 Å². The van der Waals surface area contributed by atoms with Gasteiger partial charge in [-0.15, -0.1) is 0 Å². The van der Waals surface area contributed by atoms with Crippen molar-refractivity contribution in [2.45, 2.75) is 12.8 Å². The van der Waals surface area contributed by atoms with Gasteiger partial charge in [-0.3, -0.25) is 0 Å². The molecule has 0 spiro atoms. The molecule has 0 aliphatic heterocycles. The zero-order valence-corrected chi connectivity index (χ0v) is 7.27. The summed E-state index contributed by atoms with van der Waals surface area (Å²) in [6.45, 7) is 0. The van der Waals surface area contributed by atoms with Crippen molar-refractivity contribution in [1.82, 2.24) is 0 Å². The molecule has 0 atom stereocenters. The minimum absolute atomic E-state index is 0.734. The Kier molecular flexibility index (Phi) is 2.21. The van der Waals surface area contributed by atoms with Gasteiger partial charge in [0.1, 0.15) is 0 Å². The summed E-state index contributed by atoms with van der Waals surface area (Å²) >= 11 is 0. The van der Waals surface area contributed by atoms with E-state index in [2.05, 4.69) is 6.08 Å². The van der Waals surface area contributed by atoms with Crippen molar-refractivity contribution < 1.29 is 10.0 Å². The lowest BCUT2D eigenvalue weighted by Crippen LogP contribution is -2.34. The van der Waals surface area contributed by atoms with E-state index in [-0.39, 0.29) is 0 Å². The molecule has 2 N–H and O–H groups in total. The van der Waals surface area contributed by atoms with Crippen LogP contribution in [0.1, 0.15) is 12.8 Å². The van der Waals surface area contributed by atoms with Crippen molar-refractivity contribution in [1.29, 1.82) is 0 Å². The topological polar surface area (TPSA) is 40.5 Å². The van der Waals surface area contributed by atoms with Gasteiger partial charge in [-0.25, -0.2) is 0 Å². The molecule has 1 aromatic rings. The Morgan fingerprint density at radius 3 is 2.69 bits per heavy atom. The number of fused-ring (bicyclic) bond motifs is 1. The third-order valence-corrected chi connectivity index (χ3v) is 2.40. The maximum Gasteiger partial charge on any atom is 0.484 e. The highest BCUT2D eigenvalue weighted by Crippen LogP contribution is 2.08. The Bertz CT molecular complexity index is 423. The number of benzene rings is 1. The first-order valence-corrected chi connectivity index (χ1v) is 4.43. The SMILES string of the molecule is OB(O)C1=c2ccccc2=CCC1. The average Bonchev–Trinajstić information content (AvgIpc) is 2.17. The molecular formula is C10H11BO2. The molecule has 0 aromatic heterocycles. The van der Waals surface area contributed by atoms with Crippen molar-refractivity contribution in [3.8, 4) is 0 Å². The summed E-state index contributed by atoms with van der Waals surface area (Å²) in [7, 11) is -1.31. The van der Waals surface area contributed by atoms with Crippen LogP contribution in [-0.2, 0) is 0 Å². The van der Waals surface area contributed by atoms with E-state index in [1.807, 2.05) is 24.3 Å². The van der Waals surface area contributed by atoms with E-state index in [1.165, 1.54) is 0 Å². The number of rotatable bonds is 1. The van der Waals surface area contributed by atoms with Crippen LogP contribution in [0, 0.1) is 0 Å². The maximum atomic E-state index is 9.13. The van der Waals surface area contributed by atoms with Gasteiger partial charge in [0.25, 0.3) is 0 Å². The molecule has 0 bridgehead atoms. The Balaban J connectivity index is 2.76. The van der Waals surface area contributed by atoms with Crippen LogP contribution >= 0.6 is 0 Å². The summed E-state index contributed by atoms with van der Waals surface area (Å²) in [6, 6.07) is 7.80. The molecule has 0 saturated heterocycles. The monoisotopic (exact) mass is 174 g/mol. The Morgan fingerprint density at radius 1 is 1.15 bits per heavy atom. The van der Waals surface area contributed by atoms with Gasteiger partial charge in [-0.1, -0.05) is 30.3 Å². The normalized spacial score (nSPS) is 14.8. The summed E-state index contributed by atoms with van der Waals surface area (Å²) in [5.41, 5.74) is 0.734. The zero-order chi connectivity index (χ0) is 9.26. The summed E-state index contributed by atoms with van der Waals surface area (Å²) in [5.74, 6) is 0. The van der Waals surface area contributed by atoms with Crippen LogP contribution in [0.4, 0.5) is 0 Å². The molecule has 13 heavy (non-hydrogen) atoms. The highest BCUT2D eigenvalue weighted by molar-refractivity contribution is 6.63. The van der Waals surface area contributed by atoms with E-state index in [9.17, 15) is 0 Å². The van der Waals surface area contributed by atoms with Crippen molar-refractivity contribution in [2.75, 3.05) is 0 Å². The van der Waals surface area contributed by atoms with E-state index in [1.54, 1.807) is 0 Å². The zero-order valence-electron chi connectivity index (χ0n) is 7.27. The average molecular weight is 174 g/mol. The summed E-state index contributed by atoms with van der Waals surface area (Å²) in [5, 5.41) is 20.3. The molecule has 1 aliphatic rings. The van der Waals surface area contributed by atoms with Crippen LogP contribution in [0.5, 0.6) is 0 Å². The minimum atomic E-state index is -1.31. The Morgan fingerprint density at radius 2 is 1.92 bits per heavy atom. The first-order chi connectivity index (χ1) is 6.29. The van der Waals surface area contributed by atoms with Gasteiger partial charge < -0.3 is 10.0 Å². The molecule has 0 saturated carbocycles. The van der Waals surface area contributed by atoms with Gasteiger partial charge in [0.15, 0.2) is 0 Å². The fourth-order valence-electron chi connectivity index (χ4n) is 1.75. The van der Waals surface area contributed by atoms with Gasteiger partial charge in [0, 0.05) is 0 Å². The summed E-state index contributed by atoms with van der Waals surface area (Å²) in [6.07, 6.45) is 3.76. The highest BCUT2D eigenvalue weighted by Gasteiger charge is 2.16. The van der Waals surface area contributed by atoms with E-state index >= 15 is 0 Å². The lowest BCUT2D eigenvalue weighted by atomic mass is 9.73. The largest absolute Gasteiger partial charge is 0.484 e. The summed E-state index contributed by atoms with van der Waals surface area (Å²) in [4.78, 5) is 0. The highest BCUT2D eigenvalue weighted by atomic mass is 16.4. The molecule has 0 fully saturated rings. The van der Waals surface area contributed by atoms with Crippen molar-refractivity contribution >= 4 is 18.7 Å². The van der Waals surface area contributed by atoms with Crippen LogP contribution in [0.3, 0.4) is 0 Å². The lowest BCUT2D eigenvalue weighted by Gasteiger charge is -2.09. The lowest BCUT2D eigenvalue weighted by molar-refractivity contribution is 0.424. The molecule has 66 valence electrons. The van der Waals surface area contributed by atoms with Crippen LogP contribution in [0.15, 0.2) is 24.3 Å². The predicted molar refractivity (Wildman–Crippen MR) is 53.0 cm³/mol. The third-order valence-electron chi connectivity index (χ3n) is 2.40. The molecule has 0 unspecified atom stereocenters. The first kappa shape index (κ1) is 8.54. The smallest absolute Gasteiger partial charge is 0.423 e. The molecule has 2 nitrogen and oxygen atoms in total. The second kappa shape index (κ2) is 3.36. The van der Waals surface area contributed by atoms with Crippen molar-refractivity contribution in [3.05, 3.63) is 34.7 Å². The van der Waals surface area contributed by atoms with Gasteiger partial charge in [-0.2, -0.15) is 0 Å². The van der Waals surface area contributed by atoms with Crippen LogP contribution in [0.2, 0.25) is 0 Å². The second-order valence-electron chi connectivity index (χ2n) is 3.23. The van der Waals surface area contributed by atoms with Crippen LogP contribution in [0.25, 0.3) is 11.5 Å². The van der Waals surface area contributed by atoms with Crippen LogP contribution in [-0.4, -0.2) is 17.2 Å². The van der Waals surface area contributed by atoms with Gasteiger partial charge in [0.05, 0.1) is 0 Å². The second-order valence-corrected chi connectivity index (χ2v) is 3.23. The van der Waals surface area contributed by atoms with Gasteiger partial charge in [-0.05, 0) is 28.8 Å². The van der Waals surface area contributed by atoms with Gasteiger partial charge >= 0.3 is 7.12 Å². The quantitative estimate of drug-likeness (QED) is 0.559. The molecular weight excluding hydrogens is 163 g/mol. The van der Waals surface area contributed by atoms with Crippen LogP contribution < -0.4 is 10.4 Å². The van der Waals surface area contributed by atoms with E-state index in [0.717, 1.165) is 28.8 Å². The van der Waals surface area contributed by atoms with Crippen molar-refractivity contribution in [3.63, 3.8) is 0 Å². The molecule has 2 rings (SSSR count). The first-order valence-electron chi connectivity index (χ1n) is 4.43. The predicted octanol–water partition coefficient (Wildman–Crippen LogP) is -0.576. The summed E-state index contributed by atoms with van der Waals surface area (Å²) < 4.78 is 0. The van der Waals surface area contributed by atoms with Gasteiger partial charge in [0.2, 0.25) is 0 Å². The third kappa shape index (κ3) is 1.53. The molecule has 0 radical (unpaired) electrons. The van der Waals surface area contributed by atoms with Crippen molar-refractivity contribution in [2.24, 2.45) is 0 Å². The fraction of sp³-hybridized carbons (Fsp3) is 0.200. The maximum absolute atomic E-state index is 9.13. The minimum Gasteiger partial charge on any atom is -0.423 e.